The molecule has 1 amide bonds. The van der Waals surface area contributed by atoms with E-state index in [0.717, 1.165) is 73.4 Å². The average Bonchev–Trinajstić information content (AvgIpc) is 3.52. The molecule has 2 aromatic heterocycles. The fraction of sp³-hybridized carbons (Fsp3) is 0.379. The quantitative estimate of drug-likeness (QED) is 0.476. The van der Waals surface area contributed by atoms with Crippen molar-refractivity contribution in [2.75, 3.05) is 26.2 Å². The minimum atomic E-state index is 0.207. The molecular formula is C29H30N6O. The van der Waals surface area contributed by atoms with Gasteiger partial charge in [-0.2, -0.15) is 5.10 Å². The molecule has 7 nitrogen and oxygen atoms in total. The first-order chi connectivity index (χ1) is 17.7. The minimum Gasteiger partial charge on any atom is -0.342 e. The lowest BCUT2D eigenvalue weighted by atomic mass is 9.71. The second kappa shape index (κ2) is 8.52. The van der Waals surface area contributed by atoms with Gasteiger partial charge in [0.05, 0.1) is 17.6 Å². The Morgan fingerprint density at radius 1 is 1.03 bits per heavy atom. The molecule has 1 aliphatic carbocycles. The number of aromatic nitrogens is 4. The lowest BCUT2D eigenvalue weighted by Crippen LogP contribution is -2.61. The van der Waals surface area contributed by atoms with E-state index in [2.05, 4.69) is 48.2 Å². The van der Waals surface area contributed by atoms with Crippen LogP contribution in [0.2, 0.25) is 0 Å². The van der Waals surface area contributed by atoms with Crippen molar-refractivity contribution in [1.82, 2.24) is 30.0 Å². The van der Waals surface area contributed by atoms with E-state index < -0.39 is 0 Å². The smallest absolute Gasteiger partial charge is 0.228 e. The number of aryl methyl sites for hydroxylation is 1. The molecule has 4 aromatic rings. The fourth-order valence-electron chi connectivity index (χ4n) is 6.56. The van der Waals surface area contributed by atoms with Crippen molar-refractivity contribution in [3.63, 3.8) is 0 Å². The summed E-state index contributed by atoms with van der Waals surface area (Å²) in [5.74, 6) is 1.01. The van der Waals surface area contributed by atoms with Gasteiger partial charge in [0.2, 0.25) is 5.91 Å². The van der Waals surface area contributed by atoms with Crippen LogP contribution in [0.25, 0.3) is 22.3 Å². The van der Waals surface area contributed by atoms with E-state index >= 15 is 0 Å². The molecule has 3 aliphatic rings. The second-order valence-corrected chi connectivity index (χ2v) is 10.7. The van der Waals surface area contributed by atoms with E-state index in [4.69, 9.17) is 0 Å². The van der Waals surface area contributed by atoms with Crippen LogP contribution in [0.1, 0.15) is 42.1 Å². The molecule has 2 aliphatic heterocycles. The zero-order valence-corrected chi connectivity index (χ0v) is 20.4. The maximum Gasteiger partial charge on any atom is 0.228 e. The number of amides is 1. The third-order valence-electron chi connectivity index (χ3n) is 8.58. The van der Waals surface area contributed by atoms with E-state index in [-0.39, 0.29) is 5.91 Å². The van der Waals surface area contributed by atoms with Gasteiger partial charge in [-0.1, -0.05) is 30.3 Å². The van der Waals surface area contributed by atoms with E-state index in [1.54, 1.807) is 12.4 Å². The first-order valence-electron chi connectivity index (χ1n) is 13.0. The number of hydrogen-bond acceptors (Lipinski definition) is 5. The molecule has 7 rings (SSSR count). The molecule has 7 heteroatoms. The Kier molecular flexibility index (Phi) is 5.13. The number of H-pyrrole nitrogens is 1. The maximum atomic E-state index is 13.0. The number of piperidine rings is 1. The molecule has 0 radical (unpaired) electrons. The number of rotatable bonds is 4. The Morgan fingerprint density at radius 3 is 2.67 bits per heavy atom. The summed E-state index contributed by atoms with van der Waals surface area (Å²) in [6.45, 7) is 4.02. The molecule has 4 heterocycles. The van der Waals surface area contributed by atoms with Crippen molar-refractivity contribution in [1.29, 1.82) is 0 Å². The topological polar surface area (TPSA) is 78.0 Å². The summed E-state index contributed by atoms with van der Waals surface area (Å²) in [5.41, 5.74) is 6.24. The summed E-state index contributed by atoms with van der Waals surface area (Å²) in [5, 5.41) is 8.46. The molecule has 1 N–H and O–H groups in total. The minimum absolute atomic E-state index is 0.207. The summed E-state index contributed by atoms with van der Waals surface area (Å²) >= 11 is 0. The molecule has 1 atom stereocenters. The normalized spacial score (nSPS) is 21.0. The van der Waals surface area contributed by atoms with Crippen molar-refractivity contribution in [2.24, 2.45) is 5.41 Å². The highest BCUT2D eigenvalue weighted by Gasteiger charge is 2.48. The van der Waals surface area contributed by atoms with Gasteiger partial charge in [0.25, 0.3) is 0 Å². The number of para-hydroxylation sites is 1. The van der Waals surface area contributed by atoms with Gasteiger partial charge < -0.3 is 4.90 Å². The van der Waals surface area contributed by atoms with Gasteiger partial charge in [-0.15, -0.1) is 0 Å². The predicted molar refractivity (Wildman–Crippen MR) is 138 cm³/mol. The summed E-state index contributed by atoms with van der Waals surface area (Å²) in [4.78, 5) is 26.6. The van der Waals surface area contributed by atoms with Gasteiger partial charge in [0.1, 0.15) is 0 Å². The number of carbonyl (C=O) groups is 1. The van der Waals surface area contributed by atoms with Crippen LogP contribution < -0.4 is 0 Å². The lowest BCUT2D eigenvalue weighted by Gasteiger charge is -2.56. The highest BCUT2D eigenvalue weighted by atomic mass is 16.2. The number of fused-ring (bicyclic) bond motifs is 2. The molecule has 1 unspecified atom stereocenters. The van der Waals surface area contributed by atoms with Crippen molar-refractivity contribution < 1.29 is 4.79 Å². The van der Waals surface area contributed by atoms with Crippen LogP contribution in [0.4, 0.5) is 0 Å². The van der Waals surface area contributed by atoms with Gasteiger partial charge in [0.15, 0.2) is 5.82 Å². The summed E-state index contributed by atoms with van der Waals surface area (Å²) in [6.07, 6.45) is 8.51. The van der Waals surface area contributed by atoms with Crippen molar-refractivity contribution in [3.05, 3.63) is 77.7 Å². The molecule has 0 bridgehead atoms. The largest absolute Gasteiger partial charge is 0.342 e. The number of carbonyl (C=O) groups excluding carboxylic acids is 1. The molecule has 2 fully saturated rings. The number of nitrogens with zero attached hydrogens (tertiary/aromatic N) is 5. The van der Waals surface area contributed by atoms with Gasteiger partial charge in [-0.05, 0) is 60.4 Å². The number of nitrogens with one attached hydrogen (secondary N) is 1. The Bertz CT molecular complexity index is 1410. The summed E-state index contributed by atoms with van der Waals surface area (Å²) in [7, 11) is 0. The lowest BCUT2D eigenvalue weighted by molar-refractivity contribution is -0.136. The Morgan fingerprint density at radius 2 is 1.83 bits per heavy atom. The van der Waals surface area contributed by atoms with Crippen molar-refractivity contribution in [3.8, 4) is 11.4 Å². The zero-order chi connectivity index (χ0) is 24.1. The van der Waals surface area contributed by atoms with Crippen LogP contribution in [0.5, 0.6) is 0 Å². The van der Waals surface area contributed by atoms with Gasteiger partial charge in [0, 0.05) is 55.6 Å². The van der Waals surface area contributed by atoms with E-state index in [1.807, 2.05) is 30.3 Å². The van der Waals surface area contributed by atoms with Crippen LogP contribution in [-0.4, -0.2) is 62.1 Å². The average molecular weight is 479 g/mol. The van der Waals surface area contributed by atoms with Gasteiger partial charge >= 0.3 is 0 Å². The van der Waals surface area contributed by atoms with E-state index in [9.17, 15) is 4.79 Å². The Labute approximate surface area is 210 Å². The molecule has 182 valence electrons. The molecule has 0 saturated carbocycles. The molecular weight excluding hydrogens is 448 g/mol. The molecule has 36 heavy (non-hydrogen) atoms. The first kappa shape index (κ1) is 21.7. The fourth-order valence-corrected chi connectivity index (χ4v) is 6.56. The molecule has 1 spiro atoms. The molecule has 2 aromatic carbocycles. The number of likely N-dealkylation sites (tertiary alicyclic amines) is 2. The zero-order valence-electron chi connectivity index (χ0n) is 20.4. The first-order valence-corrected chi connectivity index (χ1v) is 13.0. The summed E-state index contributed by atoms with van der Waals surface area (Å²) in [6, 6.07) is 17.1. The predicted octanol–water partition coefficient (Wildman–Crippen LogP) is 4.17. The number of aromatic amines is 1. The van der Waals surface area contributed by atoms with Crippen molar-refractivity contribution >= 4 is 16.8 Å². The van der Waals surface area contributed by atoms with Gasteiger partial charge in [-0.3, -0.25) is 14.8 Å². The third kappa shape index (κ3) is 3.69. The SMILES string of the molecule is O=C(Cc1[nH]nc2ccccc12)N1CCC2(CC1)CN(C1CCc3cc(-c4ncccn4)ccc31)C2. The number of hydrogen-bond donors (Lipinski definition) is 1. The summed E-state index contributed by atoms with van der Waals surface area (Å²) < 4.78 is 0. The van der Waals surface area contributed by atoms with Crippen LogP contribution in [-0.2, 0) is 17.6 Å². The van der Waals surface area contributed by atoms with Gasteiger partial charge in [-0.25, -0.2) is 9.97 Å². The number of benzene rings is 2. The van der Waals surface area contributed by atoms with Crippen molar-refractivity contribution in [2.45, 2.75) is 38.1 Å². The van der Waals surface area contributed by atoms with Crippen LogP contribution in [0, 0.1) is 5.41 Å². The third-order valence-corrected chi connectivity index (χ3v) is 8.58. The maximum absolute atomic E-state index is 13.0. The van der Waals surface area contributed by atoms with Crippen LogP contribution in [0.15, 0.2) is 60.9 Å². The van der Waals surface area contributed by atoms with Crippen LogP contribution >= 0.6 is 0 Å². The Balaban J connectivity index is 0.961. The molecule has 2 saturated heterocycles. The van der Waals surface area contributed by atoms with E-state index in [0.29, 0.717) is 17.9 Å². The van der Waals surface area contributed by atoms with E-state index in [1.165, 1.54) is 17.5 Å². The standard InChI is InChI=1S/C29H30N6O/c36-27(17-25-23-4-1-2-5-24(23)32-33-25)34-14-10-29(11-15-34)18-35(19-29)26-9-7-20-16-21(6-8-22(20)26)28-30-12-3-13-31-28/h1-6,8,12-13,16,26H,7,9-11,14-15,17-19H2,(H,32,33). The monoisotopic (exact) mass is 478 g/mol. The Hall–Kier alpha value is -3.58. The highest BCUT2D eigenvalue weighted by molar-refractivity contribution is 5.87. The van der Waals surface area contributed by atoms with Crippen LogP contribution in [0.3, 0.4) is 0 Å². The second-order valence-electron chi connectivity index (χ2n) is 10.7. The highest BCUT2D eigenvalue weighted by Crippen LogP contribution is 2.48.